The van der Waals surface area contributed by atoms with E-state index < -0.39 is 22.8 Å². The highest BCUT2D eigenvalue weighted by Gasteiger charge is 2.45. The topological polar surface area (TPSA) is 18.5 Å². The summed E-state index contributed by atoms with van der Waals surface area (Å²) in [7, 11) is 1.65. The molecule has 45 heavy (non-hydrogen) atoms. The Morgan fingerprint density at radius 3 is 1.93 bits per heavy atom. The SMILES string of the molecule is COc1ccc(C2(c3ccc(C(C)(C)C)cc3)C=Cc3c4c(c5ccccc5c3O2)-c2ccc(C(F)(F)F)cc2C4(C)C)cc1. The largest absolute Gasteiger partial charge is 0.497 e. The van der Waals surface area contributed by atoms with Crippen LogP contribution in [0.15, 0.2) is 97.1 Å². The van der Waals surface area contributed by atoms with Gasteiger partial charge in [-0.15, -0.1) is 0 Å². The van der Waals surface area contributed by atoms with Crippen LogP contribution < -0.4 is 9.47 Å². The van der Waals surface area contributed by atoms with Crippen LogP contribution in [0.3, 0.4) is 0 Å². The molecule has 0 N–H and O–H groups in total. The number of hydrogen-bond acceptors (Lipinski definition) is 2. The maximum atomic E-state index is 13.9. The second kappa shape index (κ2) is 9.74. The van der Waals surface area contributed by atoms with Crippen molar-refractivity contribution in [3.63, 3.8) is 0 Å². The van der Waals surface area contributed by atoms with Gasteiger partial charge >= 0.3 is 6.18 Å². The Kier molecular flexibility index (Phi) is 6.33. The van der Waals surface area contributed by atoms with Crippen LogP contribution in [0.5, 0.6) is 11.5 Å². The highest BCUT2D eigenvalue weighted by Crippen LogP contribution is 2.58. The van der Waals surface area contributed by atoms with Crippen LogP contribution in [-0.4, -0.2) is 7.11 Å². The summed E-state index contributed by atoms with van der Waals surface area (Å²) in [6.07, 6.45) is -0.215. The van der Waals surface area contributed by atoms with Crippen LogP contribution >= 0.6 is 0 Å². The van der Waals surface area contributed by atoms with E-state index in [1.165, 1.54) is 17.7 Å². The fourth-order valence-electron chi connectivity index (χ4n) is 7.14. The summed E-state index contributed by atoms with van der Waals surface area (Å²) in [5.74, 6) is 1.47. The zero-order valence-corrected chi connectivity index (χ0v) is 26.3. The van der Waals surface area contributed by atoms with Gasteiger partial charge in [0.2, 0.25) is 0 Å². The minimum Gasteiger partial charge on any atom is -0.497 e. The van der Waals surface area contributed by atoms with E-state index in [1.807, 2.05) is 62.4 Å². The Morgan fingerprint density at radius 2 is 1.33 bits per heavy atom. The number of rotatable bonds is 3. The second-order valence-electron chi connectivity index (χ2n) is 13.6. The molecule has 0 bridgehead atoms. The number of hydrogen-bond donors (Lipinski definition) is 0. The second-order valence-corrected chi connectivity index (χ2v) is 13.6. The molecule has 1 heterocycles. The van der Waals surface area contributed by atoms with Gasteiger partial charge in [-0.3, -0.25) is 0 Å². The maximum absolute atomic E-state index is 13.9. The van der Waals surface area contributed by atoms with Crippen molar-refractivity contribution in [3.05, 3.63) is 136 Å². The van der Waals surface area contributed by atoms with Gasteiger partial charge in [-0.25, -0.2) is 0 Å². The molecule has 1 atom stereocenters. The Hall–Kier alpha value is -4.51. The van der Waals surface area contributed by atoms with Crippen molar-refractivity contribution in [2.24, 2.45) is 0 Å². The third kappa shape index (κ3) is 4.39. The van der Waals surface area contributed by atoms with Crippen LogP contribution in [0.2, 0.25) is 0 Å². The van der Waals surface area contributed by atoms with E-state index in [0.29, 0.717) is 5.56 Å². The first-order valence-corrected chi connectivity index (χ1v) is 15.2. The molecule has 1 aliphatic carbocycles. The molecule has 2 nitrogen and oxygen atoms in total. The number of methoxy groups -OCH3 is 1. The average Bonchev–Trinajstić information content (AvgIpc) is 3.26. The monoisotopic (exact) mass is 604 g/mol. The van der Waals surface area contributed by atoms with Crippen molar-refractivity contribution in [3.8, 4) is 22.6 Å². The number of fused-ring (bicyclic) bond motifs is 8. The zero-order valence-electron chi connectivity index (χ0n) is 26.3. The lowest BCUT2D eigenvalue weighted by Crippen LogP contribution is -2.35. The normalized spacial score (nSPS) is 18.2. The minimum absolute atomic E-state index is 0.00894. The fraction of sp³-hybridized carbons (Fsp3) is 0.250. The molecular formula is C40H35F3O2. The van der Waals surface area contributed by atoms with Crippen molar-refractivity contribution >= 4 is 16.8 Å². The lowest BCUT2D eigenvalue weighted by atomic mass is 9.76. The van der Waals surface area contributed by atoms with E-state index in [1.54, 1.807) is 13.2 Å². The first-order chi connectivity index (χ1) is 21.3. The van der Waals surface area contributed by atoms with E-state index in [0.717, 1.165) is 55.7 Å². The highest BCUT2D eigenvalue weighted by atomic mass is 19.4. The molecule has 5 aromatic rings. The third-order valence-electron chi connectivity index (χ3n) is 9.57. The predicted octanol–water partition coefficient (Wildman–Crippen LogP) is 10.8. The van der Waals surface area contributed by atoms with Crippen molar-refractivity contribution in [2.75, 3.05) is 7.11 Å². The molecule has 0 radical (unpaired) electrons. The molecule has 0 aromatic heterocycles. The Morgan fingerprint density at radius 1 is 0.733 bits per heavy atom. The van der Waals surface area contributed by atoms with Gasteiger partial charge in [0, 0.05) is 27.5 Å². The first-order valence-electron chi connectivity index (χ1n) is 15.2. The lowest BCUT2D eigenvalue weighted by molar-refractivity contribution is -0.137. The third-order valence-corrected chi connectivity index (χ3v) is 9.57. The standard InChI is InChI=1S/C40H35F3O2/c1-37(2,3)24-11-13-25(14-12-24)39(26-15-18-28(44-6)19-16-26)22-21-32-35-34(29-9-7-8-10-30(29)36(32)45-39)31-20-17-27(40(41,42)43)23-33(31)38(35,4)5/h7-23H,1-6H3. The summed E-state index contributed by atoms with van der Waals surface area (Å²) in [4.78, 5) is 0. The van der Waals surface area contributed by atoms with E-state index in [2.05, 4.69) is 57.2 Å². The summed E-state index contributed by atoms with van der Waals surface area (Å²) in [5.41, 5.74) is 5.20. The number of benzene rings is 5. The zero-order chi connectivity index (χ0) is 31.9. The molecule has 0 spiro atoms. The van der Waals surface area contributed by atoms with Gasteiger partial charge in [-0.05, 0) is 69.0 Å². The van der Waals surface area contributed by atoms with E-state index in [9.17, 15) is 13.2 Å². The lowest BCUT2D eigenvalue weighted by Gasteiger charge is -2.38. The molecule has 0 saturated carbocycles. The Labute approximate surface area is 262 Å². The van der Waals surface area contributed by atoms with Crippen molar-refractivity contribution in [1.29, 1.82) is 0 Å². The Bertz CT molecular complexity index is 1990. The van der Waals surface area contributed by atoms with Gasteiger partial charge in [0.05, 0.1) is 12.7 Å². The van der Waals surface area contributed by atoms with Crippen molar-refractivity contribution in [1.82, 2.24) is 0 Å². The quantitative estimate of drug-likeness (QED) is 0.204. The van der Waals surface area contributed by atoms with Crippen molar-refractivity contribution < 1.29 is 22.6 Å². The number of ether oxygens (including phenoxy) is 2. The summed E-state index contributed by atoms with van der Waals surface area (Å²) < 4.78 is 54.4. The molecule has 5 aromatic carbocycles. The van der Waals surface area contributed by atoms with Gasteiger partial charge in [0.15, 0.2) is 5.60 Å². The summed E-state index contributed by atoms with van der Waals surface area (Å²) in [6, 6.07) is 28.7. The minimum atomic E-state index is -4.43. The van der Waals surface area contributed by atoms with Gasteiger partial charge in [0.25, 0.3) is 0 Å². The summed E-state index contributed by atoms with van der Waals surface area (Å²) in [6.45, 7) is 10.6. The summed E-state index contributed by atoms with van der Waals surface area (Å²) in [5, 5.41) is 1.88. The molecule has 228 valence electrons. The average molecular weight is 605 g/mol. The van der Waals surface area contributed by atoms with E-state index in [4.69, 9.17) is 9.47 Å². The van der Waals surface area contributed by atoms with Crippen LogP contribution in [-0.2, 0) is 22.6 Å². The number of alkyl halides is 3. The molecule has 0 saturated heterocycles. The van der Waals surface area contributed by atoms with Gasteiger partial charge < -0.3 is 9.47 Å². The molecule has 1 unspecified atom stereocenters. The Balaban J connectivity index is 1.49. The molecule has 5 heteroatoms. The smallest absolute Gasteiger partial charge is 0.416 e. The van der Waals surface area contributed by atoms with Crippen LogP contribution in [0.25, 0.3) is 28.0 Å². The maximum Gasteiger partial charge on any atom is 0.416 e. The van der Waals surface area contributed by atoms with Crippen LogP contribution in [0, 0.1) is 0 Å². The number of halogens is 3. The van der Waals surface area contributed by atoms with Crippen molar-refractivity contribution in [2.45, 2.75) is 57.2 Å². The van der Waals surface area contributed by atoms with Crippen LogP contribution in [0.4, 0.5) is 13.2 Å². The molecule has 1 aliphatic heterocycles. The van der Waals surface area contributed by atoms with Gasteiger partial charge in [0.1, 0.15) is 11.5 Å². The fourth-order valence-corrected chi connectivity index (χ4v) is 7.14. The molecule has 2 aliphatic rings. The van der Waals surface area contributed by atoms with E-state index in [-0.39, 0.29) is 5.41 Å². The van der Waals surface area contributed by atoms with E-state index >= 15 is 0 Å². The summed E-state index contributed by atoms with van der Waals surface area (Å²) >= 11 is 0. The predicted molar refractivity (Wildman–Crippen MR) is 175 cm³/mol. The first kappa shape index (κ1) is 29.2. The highest BCUT2D eigenvalue weighted by molar-refractivity contribution is 6.08. The van der Waals surface area contributed by atoms with Gasteiger partial charge in [-0.2, -0.15) is 13.2 Å². The molecule has 0 amide bonds. The molecule has 0 fully saturated rings. The van der Waals surface area contributed by atoms with Crippen LogP contribution in [0.1, 0.15) is 73.6 Å². The molecule has 7 rings (SSSR count). The molecular weight excluding hydrogens is 569 g/mol. The van der Waals surface area contributed by atoms with Gasteiger partial charge in [-0.1, -0.05) is 107 Å².